The summed E-state index contributed by atoms with van der Waals surface area (Å²) in [5.74, 6) is 0.134. The first-order chi connectivity index (χ1) is 7.61. The lowest BCUT2D eigenvalue weighted by Crippen LogP contribution is -2.25. The van der Waals surface area contributed by atoms with Gasteiger partial charge >= 0.3 is 0 Å². The van der Waals surface area contributed by atoms with Crippen molar-refractivity contribution in [1.82, 2.24) is 0 Å². The third kappa shape index (κ3) is 2.20. The number of anilines is 2. The van der Waals surface area contributed by atoms with Gasteiger partial charge < -0.3 is 10.2 Å². The molecule has 0 saturated carbocycles. The van der Waals surface area contributed by atoms with Gasteiger partial charge in [-0.1, -0.05) is 15.9 Å². The molecule has 0 bridgehead atoms. The second-order valence-electron chi connectivity index (χ2n) is 3.77. The second kappa shape index (κ2) is 4.67. The van der Waals surface area contributed by atoms with Gasteiger partial charge in [-0.25, -0.2) is 0 Å². The van der Waals surface area contributed by atoms with Gasteiger partial charge in [0.15, 0.2) is 0 Å². The summed E-state index contributed by atoms with van der Waals surface area (Å²) in [6.07, 6.45) is 0.513. The van der Waals surface area contributed by atoms with E-state index in [0.29, 0.717) is 13.0 Å². The van der Waals surface area contributed by atoms with Gasteiger partial charge in [0.05, 0.1) is 11.4 Å². The Morgan fingerprint density at radius 2 is 2.31 bits per heavy atom. The van der Waals surface area contributed by atoms with Crippen molar-refractivity contribution < 1.29 is 4.79 Å². The Morgan fingerprint density at radius 1 is 1.56 bits per heavy atom. The van der Waals surface area contributed by atoms with Crippen LogP contribution in [0.15, 0.2) is 22.7 Å². The van der Waals surface area contributed by atoms with Crippen LogP contribution in [0.1, 0.15) is 6.42 Å². The van der Waals surface area contributed by atoms with Gasteiger partial charge in [0.2, 0.25) is 5.91 Å². The van der Waals surface area contributed by atoms with E-state index in [9.17, 15) is 4.79 Å². The van der Waals surface area contributed by atoms with E-state index < -0.39 is 0 Å². The normalized spacial score (nSPS) is 20.3. The van der Waals surface area contributed by atoms with Crippen molar-refractivity contribution in [2.45, 2.75) is 11.7 Å². The Balaban J connectivity index is 2.39. The molecule has 5 heteroatoms. The van der Waals surface area contributed by atoms with E-state index in [-0.39, 0.29) is 11.2 Å². The Kier molecular flexibility index (Phi) is 3.44. The highest BCUT2D eigenvalue weighted by molar-refractivity contribution is 9.10. The molecular weight excluding hydrogens is 288 g/mol. The molecule has 0 radical (unpaired) electrons. The second-order valence-corrected chi connectivity index (χ2v) is 5.42. The van der Waals surface area contributed by atoms with Gasteiger partial charge in [0, 0.05) is 29.7 Å². The fraction of sp³-hybridized carbons (Fsp3) is 0.364. The number of hydrogen-bond donors (Lipinski definition) is 2. The molecule has 0 spiro atoms. The number of amides is 1. The molecule has 1 heterocycles. The largest absolute Gasteiger partial charge is 0.386 e. The number of halogens is 1. The van der Waals surface area contributed by atoms with Crippen molar-refractivity contribution in [1.29, 1.82) is 0 Å². The molecule has 1 atom stereocenters. The van der Waals surface area contributed by atoms with E-state index in [2.05, 4.69) is 33.9 Å². The van der Waals surface area contributed by atoms with Crippen LogP contribution in [0, 0.1) is 0 Å². The zero-order chi connectivity index (χ0) is 11.7. The number of carbonyl (C=O) groups is 1. The van der Waals surface area contributed by atoms with Crippen LogP contribution in [-0.2, 0) is 4.79 Å². The van der Waals surface area contributed by atoms with Crippen LogP contribution in [0.4, 0.5) is 11.4 Å². The summed E-state index contributed by atoms with van der Waals surface area (Å²) in [4.78, 5) is 13.6. The first-order valence-corrected chi connectivity index (χ1v) is 6.38. The maximum absolute atomic E-state index is 11.8. The Bertz CT molecular complexity index is 424. The number of nitrogens with zero attached hydrogens (tertiary/aromatic N) is 1. The summed E-state index contributed by atoms with van der Waals surface area (Å²) in [7, 11) is 1.85. The van der Waals surface area contributed by atoms with Crippen molar-refractivity contribution >= 4 is 45.8 Å². The molecule has 0 aromatic heterocycles. The summed E-state index contributed by atoms with van der Waals surface area (Å²) < 4.78 is 0.969. The molecule has 16 heavy (non-hydrogen) atoms. The number of rotatable bonds is 2. The minimum absolute atomic E-state index is 0.134. The molecule has 1 N–H and O–H groups in total. The van der Waals surface area contributed by atoms with E-state index in [1.807, 2.05) is 25.2 Å². The Hall–Kier alpha value is -0.680. The monoisotopic (exact) mass is 300 g/mol. The number of hydrogen-bond acceptors (Lipinski definition) is 3. The molecule has 1 aromatic carbocycles. The first kappa shape index (κ1) is 11.8. The van der Waals surface area contributed by atoms with Gasteiger partial charge in [0.25, 0.3) is 0 Å². The quantitative estimate of drug-likeness (QED) is 0.823. The maximum atomic E-state index is 11.8. The topological polar surface area (TPSA) is 32.3 Å². The van der Waals surface area contributed by atoms with Gasteiger partial charge in [-0.15, -0.1) is 0 Å². The van der Waals surface area contributed by atoms with E-state index in [4.69, 9.17) is 0 Å². The smallest absolute Gasteiger partial charge is 0.228 e. The number of carbonyl (C=O) groups excluding carboxylic acids is 1. The lowest BCUT2D eigenvalue weighted by Gasteiger charge is -2.20. The molecule has 0 aliphatic carbocycles. The van der Waals surface area contributed by atoms with Crippen LogP contribution >= 0.6 is 28.6 Å². The molecule has 1 amide bonds. The van der Waals surface area contributed by atoms with E-state index in [0.717, 1.165) is 15.8 Å². The van der Waals surface area contributed by atoms with Crippen LogP contribution in [0.3, 0.4) is 0 Å². The minimum atomic E-state index is 0.134. The number of nitrogens with one attached hydrogen (secondary N) is 1. The van der Waals surface area contributed by atoms with Gasteiger partial charge in [-0.05, 0) is 18.2 Å². The highest BCUT2D eigenvalue weighted by atomic mass is 79.9. The molecule has 1 aromatic rings. The van der Waals surface area contributed by atoms with Crippen molar-refractivity contribution in [2.24, 2.45) is 0 Å². The molecule has 3 nitrogen and oxygen atoms in total. The van der Waals surface area contributed by atoms with Crippen LogP contribution in [0.5, 0.6) is 0 Å². The molecule has 86 valence electrons. The van der Waals surface area contributed by atoms with Crippen LogP contribution < -0.4 is 10.2 Å². The average molecular weight is 301 g/mol. The molecule has 1 aliphatic heterocycles. The zero-order valence-corrected chi connectivity index (χ0v) is 11.4. The van der Waals surface area contributed by atoms with Gasteiger partial charge in [0.1, 0.15) is 0 Å². The highest BCUT2D eigenvalue weighted by Gasteiger charge is 2.29. The predicted octanol–water partition coefficient (Wildman–Crippen LogP) is 2.53. The Morgan fingerprint density at radius 3 is 2.88 bits per heavy atom. The summed E-state index contributed by atoms with van der Waals surface area (Å²) in [5, 5.41) is 3.23. The summed E-state index contributed by atoms with van der Waals surface area (Å²) in [5.41, 5.74) is 1.87. The average Bonchev–Trinajstić information content (AvgIpc) is 2.57. The van der Waals surface area contributed by atoms with Crippen LogP contribution in [0.2, 0.25) is 0 Å². The number of benzene rings is 1. The van der Waals surface area contributed by atoms with Crippen LogP contribution in [-0.4, -0.2) is 24.7 Å². The fourth-order valence-electron chi connectivity index (χ4n) is 1.86. The molecule has 2 rings (SSSR count). The molecule has 1 unspecified atom stereocenters. The molecular formula is C11H13BrN2OS. The third-order valence-electron chi connectivity index (χ3n) is 2.62. The molecule has 1 aliphatic rings. The lowest BCUT2D eigenvalue weighted by atomic mass is 10.2. The maximum Gasteiger partial charge on any atom is 0.228 e. The van der Waals surface area contributed by atoms with E-state index >= 15 is 0 Å². The van der Waals surface area contributed by atoms with Crippen molar-refractivity contribution in [2.75, 3.05) is 23.8 Å². The third-order valence-corrected chi connectivity index (χ3v) is 3.46. The zero-order valence-electron chi connectivity index (χ0n) is 8.90. The van der Waals surface area contributed by atoms with Crippen LogP contribution in [0.25, 0.3) is 0 Å². The summed E-state index contributed by atoms with van der Waals surface area (Å²) in [6, 6.07) is 5.86. The standard InChI is InChI=1S/C11H13BrN2OS/c1-13-9-3-2-7(12)4-10(9)14-6-8(16)5-11(14)15/h2-4,8,13,16H,5-6H2,1H3. The van der Waals surface area contributed by atoms with Gasteiger partial charge in [-0.3, -0.25) is 4.79 Å². The highest BCUT2D eigenvalue weighted by Crippen LogP contribution is 2.33. The summed E-state index contributed by atoms with van der Waals surface area (Å²) in [6.45, 7) is 0.674. The van der Waals surface area contributed by atoms with Gasteiger partial charge in [-0.2, -0.15) is 12.6 Å². The predicted molar refractivity (Wildman–Crippen MR) is 73.4 cm³/mol. The molecule has 1 fully saturated rings. The van der Waals surface area contributed by atoms with Crippen molar-refractivity contribution in [3.05, 3.63) is 22.7 Å². The van der Waals surface area contributed by atoms with E-state index in [1.54, 1.807) is 4.90 Å². The SMILES string of the molecule is CNc1ccc(Br)cc1N1CC(S)CC1=O. The van der Waals surface area contributed by atoms with Crippen molar-refractivity contribution in [3.63, 3.8) is 0 Å². The van der Waals surface area contributed by atoms with Crippen molar-refractivity contribution in [3.8, 4) is 0 Å². The molecule has 1 saturated heterocycles. The Labute approximate surface area is 109 Å². The minimum Gasteiger partial charge on any atom is -0.386 e. The van der Waals surface area contributed by atoms with E-state index in [1.165, 1.54) is 0 Å². The number of thiol groups is 1. The first-order valence-electron chi connectivity index (χ1n) is 5.07. The lowest BCUT2D eigenvalue weighted by molar-refractivity contribution is -0.117. The fourth-order valence-corrected chi connectivity index (χ4v) is 2.53. The summed E-state index contributed by atoms with van der Waals surface area (Å²) >= 11 is 7.78.